The number of fused-ring (bicyclic) bond motifs is 1. The van der Waals surface area contributed by atoms with E-state index in [1.165, 1.54) is 0 Å². The molecule has 1 aliphatic rings. The number of nitriles is 1. The summed E-state index contributed by atoms with van der Waals surface area (Å²) < 4.78 is 23.0. The van der Waals surface area contributed by atoms with Gasteiger partial charge in [0.05, 0.1) is 16.5 Å². The second-order valence-corrected chi connectivity index (χ2v) is 13.0. The van der Waals surface area contributed by atoms with Gasteiger partial charge in [0.1, 0.15) is 9.86 Å². The van der Waals surface area contributed by atoms with Crippen LogP contribution in [0.4, 0.5) is 5.95 Å². The van der Waals surface area contributed by atoms with Crippen molar-refractivity contribution in [2.75, 3.05) is 18.4 Å². The van der Waals surface area contributed by atoms with Crippen molar-refractivity contribution >= 4 is 49.3 Å². The van der Waals surface area contributed by atoms with Crippen molar-refractivity contribution in [3.8, 4) is 6.07 Å². The molecule has 0 unspecified atom stereocenters. The molecule has 0 saturated carbocycles. The summed E-state index contributed by atoms with van der Waals surface area (Å²) in [7, 11) is -3.67. The minimum Gasteiger partial charge on any atom is -0.351 e. The molecule has 38 heavy (non-hydrogen) atoms. The Morgan fingerprint density at radius 3 is 2.45 bits per heavy atom. The molecule has 2 aromatic heterocycles. The lowest BCUT2D eigenvalue weighted by Crippen LogP contribution is -2.39. The fraction of sp³-hybridized carbons (Fsp3) is 0.296. The number of benzene rings is 2. The summed E-state index contributed by atoms with van der Waals surface area (Å²) >= 11 is 3.23. The molecule has 3 heterocycles. The van der Waals surface area contributed by atoms with Crippen molar-refractivity contribution in [3.05, 3.63) is 70.1 Å². The number of nitrogens with two attached hydrogens (primary N) is 1. The first kappa shape index (κ1) is 26.6. The Hall–Kier alpha value is -3.01. The van der Waals surface area contributed by atoms with E-state index in [9.17, 15) is 13.7 Å². The summed E-state index contributed by atoms with van der Waals surface area (Å²) in [6, 6.07) is 15.2. The van der Waals surface area contributed by atoms with Gasteiger partial charge in [-0.2, -0.15) is 5.26 Å². The summed E-state index contributed by atoms with van der Waals surface area (Å²) in [6.07, 6.45) is 1.91. The summed E-state index contributed by atoms with van der Waals surface area (Å²) in [6.45, 7) is 6.66. The van der Waals surface area contributed by atoms with E-state index in [-0.39, 0.29) is 10.9 Å². The van der Waals surface area contributed by atoms with Gasteiger partial charge in [-0.25, -0.2) is 23.5 Å². The Kier molecular flexibility index (Phi) is 7.70. The molecule has 4 aromatic rings. The number of anilines is 1. The second kappa shape index (κ2) is 11.0. The molecule has 1 saturated heterocycles. The van der Waals surface area contributed by atoms with Crippen LogP contribution in [0.3, 0.4) is 0 Å². The fourth-order valence-electron chi connectivity index (χ4n) is 4.70. The third kappa shape index (κ3) is 6.00. The van der Waals surface area contributed by atoms with Gasteiger partial charge in [-0.1, -0.05) is 23.9 Å². The SMILES string of the molecule is Cc1cc(C#N)cc(C)c1Sc1nc(NC2CCN(Cc3ccc(S(N)(=O)=O)cc3)CC2)nc2sccc12. The molecule has 11 heteroatoms. The van der Waals surface area contributed by atoms with Gasteiger partial charge < -0.3 is 5.32 Å². The molecule has 1 fully saturated rings. The lowest BCUT2D eigenvalue weighted by Gasteiger charge is -2.32. The minimum atomic E-state index is -3.67. The number of primary sulfonamides is 1. The molecular formula is C27H28N6O2S3. The monoisotopic (exact) mass is 564 g/mol. The first-order valence-corrected chi connectivity index (χ1v) is 15.5. The third-order valence-corrected chi connectivity index (χ3v) is 9.75. The van der Waals surface area contributed by atoms with Crippen molar-refractivity contribution < 1.29 is 8.42 Å². The summed E-state index contributed by atoms with van der Waals surface area (Å²) in [5.41, 5.74) is 3.86. The molecule has 0 radical (unpaired) electrons. The van der Waals surface area contributed by atoms with Crippen molar-refractivity contribution in [2.45, 2.75) is 54.1 Å². The van der Waals surface area contributed by atoms with E-state index in [0.717, 1.165) is 69.3 Å². The third-order valence-electron chi connectivity index (χ3n) is 6.66. The van der Waals surface area contributed by atoms with Gasteiger partial charge in [-0.05, 0) is 79.1 Å². The van der Waals surface area contributed by atoms with Crippen LogP contribution < -0.4 is 10.5 Å². The number of aryl methyl sites for hydroxylation is 2. The van der Waals surface area contributed by atoms with Crippen molar-refractivity contribution in [1.29, 1.82) is 5.26 Å². The summed E-state index contributed by atoms with van der Waals surface area (Å²) in [5, 5.41) is 22.0. The number of rotatable bonds is 7. The van der Waals surface area contributed by atoms with Gasteiger partial charge in [0.25, 0.3) is 0 Å². The lowest BCUT2D eigenvalue weighted by molar-refractivity contribution is 0.211. The summed E-state index contributed by atoms with van der Waals surface area (Å²) in [5.74, 6) is 0.642. The van der Waals surface area contributed by atoms with Gasteiger partial charge >= 0.3 is 0 Å². The normalized spacial score (nSPS) is 15.0. The number of aromatic nitrogens is 2. The van der Waals surface area contributed by atoms with Crippen LogP contribution in [-0.2, 0) is 16.6 Å². The average molecular weight is 565 g/mol. The van der Waals surface area contributed by atoms with E-state index in [1.807, 2.05) is 43.5 Å². The number of hydrogen-bond donors (Lipinski definition) is 2. The van der Waals surface area contributed by atoms with E-state index in [0.29, 0.717) is 11.5 Å². The highest BCUT2D eigenvalue weighted by molar-refractivity contribution is 7.99. The Morgan fingerprint density at radius 1 is 1.13 bits per heavy atom. The Labute approximate surface area is 231 Å². The van der Waals surface area contributed by atoms with Crippen molar-refractivity contribution in [2.24, 2.45) is 5.14 Å². The average Bonchev–Trinajstić information content (AvgIpc) is 3.36. The molecule has 5 rings (SSSR count). The number of hydrogen-bond acceptors (Lipinski definition) is 9. The van der Waals surface area contributed by atoms with Crippen LogP contribution in [0.25, 0.3) is 10.2 Å². The Morgan fingerprint density at radius 2 is 1.82 bits per heavy atom. The summed E-state index contributed by atoms with van der Waals surface area (Å²) in [4.78, 5) is 14.3. The van der Waals surface area contributed by atoms with Crippen molar-refractivity contribution in [1.82, 2.24) is 14.9 Å². The van der Waals surface area contributed by atoms with Crippen LogP contribution in [0.15, 0.2) is 62.7 Å². The first-order valence-electron chi connectivity index (χ1n) is 12.2. The van der Waals surface area contributed by atoms with E-state index in [2.05, 4.69) is 22.4 Å². The molecule has 1 aliphatic heterocycles. The van der Waals surface area contributed by atoms with Gasteiger partial charge in [0.2, 0.25) is 16.0 Å². The highest BCUT2D eigenvalue weighted by Gasteiger charge is 2.21. The molecule has 8 nitrogen and oxygen atoms in total. The van der Waals surface area contributed by atoms with E-state index in [4.69, 9.17) is 15.1 Å². The van der Waals surface area contributed by atoms with E-state index < -0.39 is 10.0 Å². The molecule has 3 N–H and O–H groups in total. The maximum absolute atomic E-state index is 11.5. The number of thiophene rings is 1. The number of sulfonamides is 1. The lowest BCUT2D eigenvalue weighted by atomic mass is 10.0. The maximum atomic E-state index is 11.5. The quantitative estimate of drug-likeness (QED) is 0.299. The van der Waals surface area contributed by atoms with E-state index >= 15 is 0 Å². The molecule has 0 amide bonds. The molecule has 0 spiro atoms. The molecule has 0 atom stereocenters. The Bertz CT molecular complexity index is 1600. The number of nitrogens with one attached hydrogen (secondary N) is 1. The van der Waals surface area contributed by atoms with Gasteiger partial charge in [-0.15, -0.1) is 11.3 Å². The second-order valence-electron chi connectivity index (χ2n) is 9.53. The zero-order valence-electron chi connectivity index (χ0n) is 21.1. The standard InChI is InChI=1S/C27H28N6O2S3/c1-17-13-20(15-28)14-18(2)24(17)37-26-23-9-12-36-25(23)31-27(32-26)30-21-7-10-33(11-8-21)16-19-3-5-22(6-4-19)38(29,34)35/h3-6,9,12-14,21H,7-8,10-11,16H2,1-2H3,(H2,29,34,35)(H,30,31,32). The first-order chi connectivity index (χ1) is 18.2. The zero-order valence-corrected chi connectivity index (χ0v) is 23.6. The van der Waals surface area contributed by atoms with Crippen molar-refractivity contribution in [3.63, 3.8) is 0 Å². The topological polar surface area (TPSA) is 125 Å². The van der Waals surface area contributed by atoms with Crippen LogP contribution in [0, 0.1) is 25.2 Å². The Balaban J connectivity index is 1.25. The van der Waals surface area contributed by atoms with Gasteiger partial charge in [0.15, 0.2) is 0 Å². The number of piperidine rings is 1. The molecule has 0 bridgehead atoms. The highest BCUT2D eigenvalue weighted by Crippen LogP contribution is 2.38. The van der Waals surface area contributed by atoms with Crippen LogP contribution in [0.5, 0.6) is 0 Å². The predicted molar refractivity (Wildman–Crippen MR) is 152 cm³/mol. The minimum absolute atomic E-state index is 0.133. The van der Waals surface area contributed by atoms with Crippen LogP contribution >= 0.6 is 23.1 Å². The molecule has 0 aliphatic carbocycles. The molecule has 196 valence electrons. The predicted octanol–water partition coefficient (Wildman–Crippen LogP) is 5.05. The number of likely N-dealkylation sites (tertiary alicyclic amines) is 1. The smallest absolute Gasteiger partial charge is 0.238 e. The largest absolute Gasteiger partial charge is 0.351 e. The van der Waals surface area contributed by atoms with Crippen LogP contribution in [-0.4, -0.2) is 42.4 Å². The zero-order chi connectivity index (χ0) is 26.9. The van der Waals surface area contributed by atoms with Crippen LogP contribution in [0.2, 0.25) is 0 Å². The van der Waals surface area contributed by atoms with Gasteiger partial charge in [-0.3, -0.25) is 4.90 Å². The fourth-order valence-corrected chi connectivity index (χ4v) is 7.09. The van der Waals surface area contributed by atoms with E-state index in [1.54, 1.807) is 35.2 Å². The van der Waals surface area contributed by atoms with Crippen LogP contribution in [0.1, 0.15) is 35.1 Å². The number of nitrogens with zero attached hydrogens (tertiary/aromatic N) is 4. The molecule has 2 aromatic carbocycles. The highest BCUT2D eigenvalue weighted by atomic mass is 32.2. The van der Waals surface area contributed by atoms with Gasteiger partial charge in [0, 0.05) is 36.0 Å². The maximum Gasteiger partial charge on any atom is 0.238 e. The molecular weight excluding hydrogens is 537 g/mol.